The maximum Gasteiger partial charge on any atom is 0.246 e. The summed E-state index contributed by atoms with van der Waals surface area (Å²) in [5.74, 6) is 3.65. The molecule has 0 saturated heterocycles. The monoisotopic (exact) mass is 381 g/mol. The van der Waals surface area contributed by atoms with E-state index in [0.29, 0.717) is 50.1 Å². The van der Waals surface area contributed by atoms with E-state index in [0.717, 1.165) is 28.4 Å². The fourth-order valence-electron chi connectivity index (χ4n) is 3.31. The molecule has 1 aliphatic heterocycles. The first-order valence-corrected chi connectivity index (χ1v) is 9.22. The summed E-state index contributed by atoms with van der Waals surface area (Å²) in [6, 6.07) is 8.07. The molecule has 3 heterocycles. The number of fused-ring (bicyclic) bond motifs is 2. The van der Waals surface area contributed by atoms with Crippen LogP contribution in [0.1, 0.15) is 34.4 Å². The van der Waals surface area contributed by atoms with E-state index in [4.69, 9.17) is 19.0 Å². The maximum atomic E-state index is 5.96. The van der Waals surface area contributed by atoms with Crippen LogP contribution < -0.4 is 9.64 Å². The van der Waals surface area contributed by atoms with Crippen LogP contribution in [-0.4, -0.2) is 40.9 Å². The number of para-hydroxylation sites is 1. The van der Waals surface area contributed by atoms with Gasteiger partial charge in [-0.25, -0.2) is 9.97 Å². The highest BCUT2D eigenvalue weighted by Gasteiger charge is 2.22. The van der Waals surface area contributed by atoms with E-state index >= 15 is 0 Å². The Morgan fingerprint density at radius 3 is 2.89 bits per heavy atom. The first-order chi connectivity index (χ1) is 13.6. The summed E-state index contributed by atoms with van der Waals surface area (Å²) in [7, 11) is 3.62. The van der Waals surface area contributed by atoms with Crippen molar-refractivity contribution in [3.8, 4) is 5.75 Å². The molecule has 8 nitrogen and oxygen atoms in total. The lowest BCUT2D eigenvalue weighted by Crippen LogP contribution is -2.22. The highest BCUT2D eigenvalue weighted by atomic mass is 16.5. The molecule has 1 aliphatic rings. The first kappa shape index (κ1) is 18.4. The summed E-state index contributed by atoms with van der Waals surface area (Å²) in [5, 5.41) is 4.00. The molecule has 146 valence electrons. The van der Waals surface area contributed by atoms with Gasteiger partial charge in [0.2, 0.25) is 5.89 Å². The summed E-state index contributed by atoms with van der Waals surface area (Å²) in [4.78, 5) is 15.8. The van der Waals surface area contributed by atoms with Crippen LogP contribution in [0.4, 0.5) is 5.82 Å². The molecule has 0 N–H and O–H groups in total. The zero-order valence-electron chi connectivity index (χ0n) is 16.3. The van der Waals surface area contributed by atoms with Crippen LogP contribution in [0.3, 0.4) is 0 Å². The normalized spacial score (nSPS) is 12.7. The van der Waals surface area contributed by atoms with E-state index in [2.05, 4.69) is 21.2 Å². The van der Waals surface area contributed by atoms with Crippen LogP contribution in [0.2, 0.25) is 0 Å². The van der Waals surface area contributed by atoms with Gasteiger partial charge in [0.25, 0.3) is 0 Å². The number of rotatable bonds is 6. The van der Waals surface area contributed by atoms with Gasteiger partial charge in [0.05, 0.1) is 18.8 Å². The van der Waals surface area contributed by atoms with Crippen molar-refractivity contribution < 1.29 is 14.0 Å². The topological polar surface area (TPSA) is 86.4 Å². The number of methoxy groups -OCH3 is 1. The average molecular weight is 381 g/mol. The molecule has 8 heteroatoms. The minimum atomic E-state index is 0.429. The Bertz CT molecular complexity index is 972. The van der Waals surface area contributed by atoms with Gasteiger partial charge in [-0.15, -0.1) is 0 Å². The van der Waals surface area contributed by atoms with E-state index in [1.807, 2.05) is 37.1 Å². The molecule has 4 rings (SSSR count). The van der Waals surface area contributed by atoms with Crippen LogP contribution in [0.25, 0.3) is 0 Å². The van der Waals surface area contributed by atoms with E-state index in [1.165, 1.54) is 0 Å². The van der Waals surface area contributed by atoms with Crippen molar-refractivity contribution in [2.45, 2.75) is 32.9 Å². The van der Waals surface area contributed by atoms with Gasteiger partial charge < -0.3 is 18.9 Å². The summed E-state index contributed by atoms with van der Waals surface area (Å²) >= 11 is 0. The van der Waals surface area contributed by atoms with Crippen molar-refractivity contribution in [1.82, 2.24) is 20.1 Å². The van der Waals surface area contributed by atoms with Crippen LogP contribution in [0.5, 0.6) is 5.75 Å². The predicted molar refractivity (Wildman–Crippen MR) is 102 cm³/mol. The fraction of sp³-hybridized carbons (Fsp3) is 0.400. The van der Waals surface area contributed by atoms with Crippen molar-refractivity contribution in [2.24, 2.45) is 0 Å². The lowest BCUT2D eigenvalue weighted by molar-refractivity contribution is 0.199. The van der Waals surface area contributed by atoms with Gasteiger partial charge >= 0.3 is 0 Å². The molecule has 0 unspecified atom stereocenters. The van der Waals surface area contributed by atoms with E-state index in [9.17, 15) is 0 Å². The summed E-state index contributed by atoms with van der Waals surface area (Å²) in [5.41, 5.74) is 3.11. The van der Waals surface area contributed by atoms with Gasteiger partial charge in [-0.3, -0.25) is 0 Å². The average Bonchev–Trinajstić information content (AvgIpc) is 3.05. The quantitative estimate of drug-likeness (QED) is 0.644. The minimum Gasteiger partial charge on any atom is -0.487 e. The van der Waals surface area contributed by atoms with Crippen LogP contribution in [-0.2, 0) is 30.7 Å². The molecule has 0 fully saturated rings. The molecule has 0 radical (unpaired) electrons. The lowest BCUT2D eigenvalue weighted by Gasteiger charge is -2.21. The Hall–Kier alpha value is -3.00. The second-order valence-electron chi connectivity index (χ2n) is 6.80. The van der Waals surface area contributed by atoms with Gasteiger partial charge in [0.1, 0.15) is 24.0 Å². The van der Waals surface area contributed by atoms with Crippen molar-refractivity contribution in [3.63, 3.8) is 0 Å². The molecule has 0 saturated carbocycles. The van der Waals surface area contributed by atoms with Crippen molar-refractivity contribution in [1.29, 1.82) is 0 Å². The zero-order chi connectivity index (χ0) is 19.5. The third-order valence-corrected chi connectivity index (χ3v) is 4.66. The number of benzene rings is 1. The summed E-state index contributed by atoms with van der Waals surface area (Å²) in [6.45, 7) is 3.35. The minimum absolute atomic E-state index is 0.429. The number of hydrogen-bond acceptors (Lipinski definition) is 8. The van der Waals surface area contributed by atoms with Gasteiger partial charge in [0, 0.05) is 32.6 Å². The first-order valence-electron chi connectivity index (χ1n) is 9.22. The molecule has 2 aromatic heterocycles. The van der Waals surface area contributed by atoms with Gasteiger partial charge in [0.15, 0.2) is 5.82 Å². The second kappa shape index (κ2) is 7.93. The molecule has 1 aromatic carbocycles. The van der Waals surface area contributed by atoms with E-state index in [1.54, 1.807) is 7.11 Å². The molecule has 0 bridgehead atoms. The van der Waals surface area contributed by atoms with Crippen LogP contribution in [0, 0.1) is 6.92 Å². The van der Waals surface area contributed by atoms with E-state index in [-0.39, 0.29) is 0 Å². The highest BCUT2D eigenvalue weighted by Crippen LogP contribution is 2.32. The molecule has 28 heavy (non-hydrogen) atoms. The number of ether oxygens (including phenoxy) is 2. The maximum absolute atomic E-state index is 5.96. The van der Waals surface area contributed by atoms with Gasteiger partial charge in [-0.1, -0.05) is 23.4 Å². The number of aryl methyl sites for hydroxylation is 1. The fourth-order valence-corrected chi connectivity index (χ4v) is 3.31. The van der Waals surface area contributed by atoms with Crippen LogP contribution in [0.15, 0.2) is 28.8 Å². The van der Waals surface area contributed by atoms with Crippen molar-refractivity contribution >= 4 is 5.82 Å². The van der Waals surface area contributed by atoms with Gasteiger partial charge in [-0.2, -0.15) is 4.98 Å². The second-order valence-corrected chi connectivity index (χ2v) is 6.80. The van der Waals surface area contributed by atoms with Crippen LogP contribution >= 0.6 is 0 Å². The molecule has 3 aromatic rings. The Balaban J connectivity index is 1.61. The Morgan fingerprint density at radius 1 is 1.18 bits per heavy atom. The molecule has 0 aliphatic carbocycles. The number of nitrogens with zero attached hydrogens (tertiary/aromatic N) is 5. The molecular formula is C20H23N5O3. The number of anilines is 1. The predicted octanol–water partition coefficient (Wildman–Crippen LogP) is 2.48. The molecular weight excluding hydrogens is 358 g/mol. The third kappa shape index (κ3) is 3.82. The van der Waals surface area contributed by atoms with Crippen molar-refractivity contribution in [2.75, 3.05) is 25.7 Å². The molecule has 0 atom stereocenters. The Kier molecular flexibility index (Phi) is 5.21. The highest BCUT2D eigenvalue weighted by molar-refractivity contribution is 5.53. The standard InChI is InChI=1S/C20H23N5O3/c1-13-21-16-12-27-17-7-5-4-6-14(17)10-15(16)20(22-13)25(2)11-19-23-18(24-28-19)8-9-26-3/h4-7H,8-12H2,1-3H3. The Morgan fingerprint density at radius 2 is 2.04 bits per heavy atom. The summed E-state index contributed by atoms with van der Waals surface area (Å²) < 4.78 is 16.4. The number of aromatic nitrogens is 4. The molecule has 0 amide bonds. The largest absolute Gasteiger partial charge is 0.487 e. The smallest absolute Gasteiger partial charge is 0.246 e. The third-order valence-electron chi connectivity index (χ3n) is 4.66. The van der Waals surface area contributed by atoms with E-state index < -0.39 is 0 Å². The summed E-state index contributed by atoms with van der Waals surface area (Å²) in [6.07, 6.45) is 1.34. The van der Waals surface area contributed by atoms with Crippen molar-refractivity contribution in [3.05, 3.63) is 58.6 Å². The molecule has 0 spiro atoms. The van der Waals surface area contributed by atoms with Gasteiger partial charge in [-0.05, 0) is 18.6 Å². The Labute approximate surface area is 163 Å². The lowest BCUT2D eigenvalue weighted by atomic mass is 10.0. The number of hydrogen-bond donors (Lipinski definition) is 0. The zero-order valence-corrected chi connectivity index (χ0v) is 16.3. The SMILES string of the molecule is COCCc1noc(CN(C)c2nc(C)nc3c2Cc2ccccc2OC3)n1.